The summed E-state index contributed by atoms with van der Waals surface area (Å²) in [5.74, 6) is 1.01. The molecular formula is C7H14S. The summed E-state index contributed by atoms with van der Waals surface area (Å²) >= 11 is 2.04. The van der Waals surface area contributed by atoms with Gasteiger partial charge in [0, 0.05) is 5.25 Å². The first kappa shape index (κ1) is 6.47. The Morgan fingerprint density at radius 2 is 2.12 bits per heavy atom. The summed E-state index contributed by atoms with van der Waals surface area (Å²) in [6.07, 6.45) is 6.61. The van der Waals surface area contributed by atoms with E-state index in [4.69, 9.17) is 0 Å². The molecule has 2 atom stereocenters. The molecule has 0 radical (unpaired) electrons. The quantitative estimate of drug-likeness (QED) is 0.525. The monoisotopic (exact) mass is 130 g/mol. The zero-order valence-corrected chi connectivity index (χ0v) is 6.50. The van der Waals surface area contributed by atoms with Crippen LogP contribution in [-0.2, 0) is 0 Å². The molecule has 0 spiro atoms. The van der Waals surface area contributed by atoms with Crippen LogP contribution in [0.1, 0.15) is 26.2 Å². The van der Waals surface area contributed by atoms with Gasteiger partial charge in [-0.25, -0.2) is 0 Å². The van der Waals surface area contributed by atoms with Crippen LogP contribution in [0, 0.1) is 5.92 Å². The van der Waals surface area contributed by atoms with Crippen molar-refractivity contribution in [2.24, 2.45) is 5.92 Å². The Labute approximate surface area is 56.0 Å². The topological polar surface area (TPSA) is 0 Å². The van der Waals surface area contributed by atoms with Crippen molar-refractivity contribution in [1.82, 2.24) is 0 Å². The van der Waals surface area contributed by atoms with Gasteiger partial charge < -0.3 is 0 Å². The van der Waals surface area contributed by atoms with Gasteiger partial charge in [0.15, 0.2) is 0 Å². The number of hydrogen-bond donors (Lipinski definition) is 0. The molecule has 1 fully saturated rings. The van der Waals surface area contributed by atoms with E-state index in [1.165, 1.54) is 19.3 Å². The van der Waals surface area contributed by atoms with E-state index < -0.39 is 0 Å². The molecule has 0 saturated heterocycles. The Kier molecular flexibility index (Phi) is 2.24. The highest BCUT2D eigenvalue weighted by Gasteiger charge is 2.19. The summed E-state index contributed by atoms with van der Waals surface area (Å²) in [5.41, 5.74) is 0. The predicted molar refractivity (Wildman–Crippen MR) is 40.3 cm³/mol. The van der Waals surface area contributed by atoms with Crippen LogP contribution in [0.25, 0.3) is 0 Å². The second-order valence-electron chi connectivity index (χ2n) is 2.78. The normalized spacial score (nSPS) is 38.2. The lowest BCUT2D eigenvalue weighted by molar-refractivity contribution is 0.613. The molecule has 0 aromatic heterocycles. The SMILES string of the molecule is CSC1CCC(C)C1. The second kappa shape index (κ2) is 2.77. The van der Waals surface area contributed by atoms with E-state index in [1.54, 1.807) is 0 Å². The lowest BCUT2D eigenvalue weighted by atomic mass is 10.1. The molecule has 48 valence electrons. The maximum atomic E-state index is 2.36. The first-order valence-electron chi connectivity index (χ1n) is 3.35. The molecule has 1 rings (SSSR count). The molecule has 0 amide bonds. The summed E-state index contributed by atoms with van der Waals surface area (Å²) in [7, 11) is 0. The van der Waals surface area contributed by atoms with Crippen molar-refractivity contribution < 1.29 is 0 Å². The lowest BCUT2D eigenvalue weighted by Crippen LogP contribution is -1.92. The second-order valence-corrected chi connectivity index (χ2v) is 3.91. The molecule has 0 aliphatic heterocycles. The maximum absolute atomic E-state index is 2.36. The summed E-state index contributed by atoms with van der Waals surface area (Å²) < 4.78 is 0. The van der Waals surface area contributed by atoms with Crippen LogP contribution in [0.4, 0.5) is 0 Å². The first-order chi connectivity index (χ1) is 3.83. The van der Waals surface area contributed by atoms with E-state index in [-0.39, 0.29) is 0 Å². The van der Waals surface area contributed by atoms with Gasteiger partial charge in [0.25, 0.3) is 0 Å². The highest BCUT2D eigenvalue weighted by molar-refractivity contribution is 7.99. The van der Waals surface area contributed by atoms with Crippen molar-refractivity contribution >= 4 is 11.8 Å². The number of hydrogen-bond acceptors (Lipinski definition) is 1. The molecule has 0 aromatic rings. The Bertz CT molecular complexity index is 70.8. The van der Waals surface area contributed by atoms with Crippen molar-refractivity contribution in [1.29, 1.82) is 0 Å². The largest absolute Gasteiger partial charge is 0.162 e. The molecule has 2 unspecified atom stereocenters. The fourth-order valence-electron chi connectivity index (χ4n) is 1.37. The molecule has 0 nitrogen and oxygen atoms in total. The third kappa shape index (κ3) is 1.41. The van der Waals surface area contributed by atoms with E-state index in [2.05, 4.69) is 13.2 Å². The molecule has 0 aromatic carbocycles. The van der Waals surface area contributed by atoms with Gasteiger partial charge in [-0.2, -0.15) is 11.8 Å². The van der Waals surface area contributed by atoms with Crippen LogP contribution in [0.15, 0.2) is 0 Å². The summed E-state index contributed by atoms with van der Waals surface area (Å²) in [6.45, 7) is 2.36. The van der Waals surface area contributed by atoms with Crippen molar-refractivity contribution in [3.63, 3.8) is 0 Å². The van der Waals surface area contributed by atoms with Gasteiger partial charge in [-0.15, -0.1) is 0 Å². The van der Waals surface area contributed by atoms with Crippen LogP contribution in [0.5, 0.6) is 0 Å². The van der Waals surface area contributed by atoms with Gasteiger partial charge in [-0.05, 0) is 31.4 Å². The zero-order valence-electron chi connectivity index (χ0n) is 5.68. The highest BCUT2D eigenvalue weighted by atomic mass is 32.2. The van der Waals surface area contributed by atoms with E-state index in [9.17, 15) is 0 Å². The van der Waals surface area contributed by atoms with Crippen molar-refractivity contribution in [2.45, 2.75) is 31.4 Å². The molecule has 1 saturated carbocycles. The van der Waals surface area contributed by atoms with E-state index in [1.807, 2.05) is 11.8 Å². The van der Waals surface area contributed by atoms with Crippen LogP contribution < -0.4 is 0 Å². The average Bonchev–Trinajstić information content (AvgIpc) is 2.14. The molecule has 0 bridgehead atoms. The molecule has 0 heterocycles. The van der Waals surface area contributed by atoms with E-state index in [0.29, 0.717) is 0 Å². The number of thioether (sulfide) groups is 1. The average molecular weight is 130 g/mol. The van der Waals surface area contributed by atoms with Gasteiger partial charge in [0.2, 0.25) is 0 Å². The minimum Gasteiger partial charge on any atom is -0.162 e. The summed E-state index contributed by atoms with van der Waals surface area (Å²) in [5, 5.41) is 0.991. The zero-order chi connectivity index (χ0) is 5.98. The van der Waals surface area contributed by atoms with Gasteiger partial charge in [0.05, 0.1) is 0 Å². The van der Waals surface area contributed by atoms with Crippen LogP contribution in [0.3, 0.4) is 0 Å². The third-order valence-electron chi connectivity index (χ3n) is 1.98. The standard InChI is InChI=1S/C7H14S/c1-6-3-4-7(5-6)8-2/h6-7H,3-5H2,1-2H3. The van der Waals surface area contributed by atoms with Gasteiger partial charge >= 0.3 is 0 Å². The summed E-state index contributed by atoms with van der Waals surface area (Å²) in [6, 6.07) is 0. The Hall–Kier alpha value is 0.350. The fraction of sp³-hybridized carbons (Fsp3) is 1.00. The van der Waals surface area contributed by atoms with Crippen LogP contribution in [0.2, 0.25) is 0 Å². The Morgan fingerprint density at radius 1 is 1.38 bits per heavy atom. The van der Waals surface area contributed by atoms with Crippen molar-refractivity contribution in [3.05, 3.63) is 0 Å². The molecule has 1 aliphatic carbocycles. The molecule has 1 aliphatic rings. The minimum atomic E-state index is 0.991. The molecule has 0 N–H and O–H groups in total. The maximum Gasteiger partial charge on any atom is 0.00469 e. The first-order valence-corrected chi connectivity index (χ1v) is 4.64. The van der Waals surface area contributed by atoms with Crippen molar-refractivity contribution in [3.8, 4) is 0 Å². The molecular weight excluding hydrogens is 116 g/mol. The van der Waals surface area contributed by atoms with Gasteiger partial charge in [-0.3, -0.25) is 0 Å². The van der Waals surface area contributed by atoms with Crippen LogP contribution >= 0.6 is 11.8 Å². The minimum absolute atomic E-state index is 0.991. The van der Waals surface area contributed by atoms with Gasteiger partial charge in [0.1, 0.15) is 0 Å². The summed E-state index contributed by atoms with van der Waals surface area (Å²) in [4.78, 5) is 0. The predicted octanol–water partition coefficient (Wildman–Crippen LogP) is 2.54. The Balaban J connectivity index is 2.22. The molecule has 1 heteroatoms. The lowest BCUT2D eigenvalue weighted by Gasteiger charge is -2.01. The van der Waals surface area contributed by atoms with E-state index in [0.717, 1.165) is 11.2 Å². The van der Waals surface area contributed by atoms with Crippen LogP contribution in [-0.4, -0.2) is 11.5 Å². The van der Waals surface area contributed by atoms with Gasteiger partial charge in [-0.1, -0.05) is 6.92 Å². The number of rotatable bonds is 1. The fourth-order valence-corrected chi connectivity index (χ4v) is 2.26. The third-order valence-corrected chi connectivity index (χ3v) is 3.07. The smallest absolute Gasteiger partial charge is 0.00469 e. The Morgan fingerprint density at radius 3 is 2.38 bits per heavy atom. The highest BCUT2D eigenvalue weighted by Crippen LogP contribution is 2.31. The van der Waals surface area contributed by atoms with Crippen molar-refractivity contribution in [2.75, 3.05) is 6.26 Å². The molecule has 8 heavy (non-hydrogen) atoms. The van der Waals surface area contributed by atoms with E-state index >= 15 is 0 Å².